The highest BCUT2D eigenvalue weighted by Crippen LogP contribution is 2.35. The highest BCUT2D eigenvalue weighted by atomic mass is 32.1. The Morgan fingerprint density at radius 2 is 2.00 bits per heavy atom. The normalized spacial score (nSPS) is 19.1. The highest BCUT2D eigenvalue weighted by Gasteiger charge is 2.29. The van der Waals surface area contributed by atoms with Crippen molar-refractivity contribution in [2.24, 2.45) is 0 Å². The molecule has 3 rings (SSSR count). The molecule has 0 spiro atoms. The number of nitrogens with two attached hydrogens (primary N) is 1. The first-order valence-corrected chi connectivity index (χ1v) is 7.31. The van der Waals surface area contributed by atoms with Crippen molar-refractivity contribution in [3.63, 3.8) is 0 Å². The standard InChI is InChI=1S/C13H17N5S/c1-8-6-9(2)16-13(15-8)18-5-3-4-11(18)10-7-19-12(14)17-10/h6-7,11H,3-5H2,1-2H3,(H2,14,17)/t11-/m1/s1. The number of nitrogen functional groups attached to an aromatic ring is 1. The Labute approximate surface area is 116 Å². The molecule has 1 saturated heterocycles. The minimum atomic E-state index is 0.259. The van der Waals surface area contributed by atoms with Crippen LogP contribution in [0.1, 0.15) is 36.0 Å². The summed E-state index contributed by atoms with van der Waals surface area (Å²) < 4.78 is 0. The largest absolute Gasteiger partial charge is 0.375 e. The van der Waals surface area contributed by atoms with Gasteiger partial charge in [-0.1, -0.05) is 0 Å². The topological polar surface area (TPSA) is 67.9 Å². The van der Waals surface area contributed by atoms with Crippen molar-refractivity contribution in [3.8, 4) is 0 Å². The maximum atomic E-state index is 5.74. The van der Waals surface area contributed by atoms with Crippen LogP contribution in [-0.4, -0.2) is 21.5 Å². The minimum Gasteiger partial charge on any atom is -0.375 e. The molecule has 1 fully saturated rings. The van der Waals surface area contributed by atoms with E-state index in [0.29, 0.717) is 5.13 Å². The Kier molecular flexibility index (Phi) is 3.10. The number of aromatic nitrogens is 3. The molecule has 19 heavy (non-hydrogen) atoms. The summed E-state index contributed by atoms with van der Waals surface area (Å²) >= 11 is 1.49. The third-order valence-corrected chi connectivity index (χ3v) is 4.05. The molecule has 1 aliphatic heterocycles. The molecule has 1 aliphatic rings. The Hall–Kier alpha value is -1.69. The van der Waals surface area contributed by atoms with Gasteiger partial charge in [0.1, 0.15) is 0 Å². The number of rotatable bonds is 2. The van der Waals surface area contributed by atoms with Crippen molar-refractivity contribution in [1.82, 2.24) is 15.0 Å². The maximum absolute atomic E-state index is 5.74. The van der Waals surface area contributed by atoms with Crippen molar-refractivity contribution >= 4 is 22.4 Å². The average Bonchev–Trinajstić information content (AvgIpc) is 2.95. The molecule has 0 aliphatic carbocycles. The molecule has 0 amide bonds. The van der Waals surface area contributed by atoms with E-state index in [0.717, 1.165) is 42.4 Å². The second kappa shape index (κ2) is 4.77. The first-order chi connectivity index (χ1) is 9.13. The molecule has 0 saturated carbocycles. The third kappa shape index (κ3) is 2.40. The molecule has 0 radical (unpaired) electrons. The predicted molar refractivity (Wildman–Crippen MR) is 77.4 cm³/mol. The second-order valence-electron chi connectivity index (χ2n) is 4.91. The molecular formula is C13H17N5S. The molecule has 3 heterocycles. The summed E-state index contributed by atoms with van der Waals surface area (Å²) in [7, 11) is 0. The van der Waals surface area contributed by atoms with Crippen LogP contribution in [0.2, 0.25) is 0 Å². The van der Waals surface area contributed by atoms with Crippen LogP contribution >= 0.6 is 11.3 Å². The molecular weight excluding hydrogens is 258 g/mol. The van der Waals surface area contributed by atoms with Crippen molar-refractivity contribution in [2.45, 2.75) is 32.7 Å². The Bertz CT molecular complexity index is 574. The van der Waals surface area contributed by atoms with Crippen LogP contribution in [-0.2, 0) is 0 Å². The average molecular weight is 275 g/mol. The zero-order valence-electron chi connectivity index (χ0n) is 11.1. The van der Waals surface area contributed by atoms with Crippen LogP contribution < -0.4 is 10.6 Å². The number of anilines is 2. The van der Waals surface area contributed by atoms with Crippen LogP contribution in [0.3, 0.4) is 0 Å². The molecule has 0 unspecified atom stereocenters. The quantitative estimate of drug-likeness (QED) is 0.912. The van der Waals surface area contributed by atoms with Gasteiger partial charge in [0.05, 0.1) is 11.7 Å². The van der Waals surface area contributed by atoms with E-state index in [2.05, 4.69) is 19.9 Å². The summed E-state index contributed by atoms with van der Waals surface area (Å²) in [6, 6.07) is 2.25. The van der Waals surface area contributed by atoms with Gasteiger partial charge in [-0.2, -0.15) is 0 Å². The minimum absolute atomic E-state index is 0.259. The molecule has 5 nitrogen and oxygen atoms in total. The molecule has 1 atom stereocenters. The van der Waals surface area contributed by atoms with E-state index in [9.17, 15) is 0 Å². The van der Waals surface area contributed by atoms with E-state index in [1.165, 1.54) is 11.3 Å². The first-order valence-electron chi connectivity index (χ1n) is 6.43. The van der Waals surface area contributed by atoms with E-state index in [-0.39, 0.29) is 6.04 Å². The number of aryl methyl sites for hydroxylation is 2. The lowest BCUT2D eigenvalue weighted by Gasteiger charge is -2.23. The van der Waals surface area contributed by atoms with Gasteiger partial charge >= 0.3 is 0 Å². The molecule has 2 N–H and O–H groups in total. The van der Waals surface area contributed by atoms with Crippen molar-refractivity contribution in [1.29, 1.82) is 0 Å². The fraction of sp³-hybridized carbons (Fsp3) is 0.462. The fourth-order valence-corrected chi connectivity index (χ4v) is 3.21. The van der Waals surface area contributed by atoms with Gasteiger partial charge in [-0.25, -0.2) is 15.0 Å². The Balaban J connectivity index is 1.94. The monoisotopic (exact) mass is 275 g/mol. The van der Waals surface area contributed by atoms with Crippen LogP contribution in [0, 0.1) is 13.8 Å². The molecule has 0 bridgehead atoms. The maximum Gasteiger partial charge on any atom is 0.226 e. The highest BCUT2D eigenvalue weighted by molar-refractivity contribution is 7.13. The number of hydrogen-bond donors (Lipinski definition) is 1. The fourth-order valence-electron chi connectivity index (χ4n) is 2.60. The van der Waals surface area contributed by atoms with E-state index in [1.807, 2.05) is 25.3 Å². The number of thiazole rings is 1. The number of nitrogens with zero attached hydrogens (tertiary/aromatic N) is 4. The molecule has 6 heteroatoms. The van der Waals surface area contributed by atoms with Gasteiger partial charge in [0.25, 0.3) is 0 Å². The first kappa shape index (κ1) is 12.3. The summed E-state index contributed by atoms with van der Waals surface area (Å²) in [5.41, 5.74) is 8.79. The van der Waals surface area contributed by atoms with Gasteiger partial charge in [0.15, 0.2) is 5.13 Å². The summed E-state index contributed by atoms with van der Waals surface area (Å²) in [5.74, 6) is 0.812. The summed E-state index contributed by atoms with van der Waals surface area (Å²) in [5, 5.41) is 2.67. The van der Waals surface area contributed by atoms with Crippen molar-refractivity contribution in [3.05, 3.63) is 28.5 Å². The van der Waals surface area contributed by atoms with Crippen LogP contribution in [0.4, 0.5) is 11.1 Å². The molecule has 2 aromatic heterocycles. The van der Waals surface area contributed by atoms with E-state index >= 15 is 0 Å². The predicted octanol–water partition coefficient (Wildman–Crippen LogP) is 2.47. The van der Waals surface area contributed by atoms with Crippen molar-refractivity contribution < 1.29 is 0 Å². The van der Waals surface area contributed by atoms with E-state index < -0.39 is 0 Å². The number of hydrogen-bond acceptors (Lipinski definition) is 6. The van der Waals surface area contributed by atoms with Crippen LogP contribution in [0.25, 0.3) is 0 Å². The third-order valence-electron chi connectivity index (χ3n) is 3.36. The van der Waals surface area contributed by atoms with Gasteiger partial charge in [0.2, 0.25) is 5.95 Å². The summed E-state index contributed by atoms with van der Waals surface area (Å²) in [4.78, 5) is 15.8. The Morgan fingerprint density at radius 1 is 1.26 bits per heavy atom. The molecule has 100 valence electrons. The van der Waals surface area contributed by atoms with Gasteiger partial charge in [-0.3, -0.25) is 0 Å². The smallest absolute Gasteiger partial charge is 0.226 e. The zero-order chi connectivity index (χ0) is 13.4. The van der Waals surface area contributed by atoms with Crippen LogP contribution in [0.15, 0.2) is 11.4 Å². The lowest BCUT2D eigenvalue weighted by atomic mass is 10.2. The lowest BCUT2D eigenvalue weighted by molar-refractivity contribution is 0.682. The van der Waals surface area contributed by atoms with Gasteiger partial charge in [-0.15, -0.1) is 11.3 Å². The van der Waals surface area contributed by atoms with Crippen LogP contribution in [0.5, 0.6) is 0 Å². The lowest BCUT2D eigenvalue weighted by Crippen LogP contribution is -2.25. The SMILES string of the molecule is Cc1cc(C)nc(N2CCC[C@@H]2c2csc(N)n2)n1. The summed E-state index contributed by atoms with van der Waals surface area (Å²) in [6.07, 6.45) is 2.22. The zero-order valence-corrected chi connectivity index (χ0v) is 11.9. The molecule has 0 aromatic carbocycles. The Morgan fingerprint density at radius 3 is 2.63 bits per heavy atom. The van der Waals surface area contributed by atoms with E-state index in [4.69, 9.17) is 5.73 Å². The second-order valence-corrected chi connectivity index (χ2v) is 5.80. The molecule has 2 aromatic rings. The van der Waals surface area contributed by atoms with Gasteiger partial charge < -0.3 is 10.6 Å². The summed E-state index contributed by atoms with van der Waals surface area (Å²) in [6.45, 7) is 4.99. The van der Waals surface area contributed by atoms with Gasteiger partial charge in [0, 0.05) is 23.3 Å². The van der Waals surface area contributed by atoms with E-state index in [1.54, 1.807) is 0 Å². The van der Waals surface area contributed by atoms with Gasteiger partial charge in [-0.05, 0) is 32.8 Å². The van der Waals surface area contributed by atoms with Crippen molar-refractivity contribution in [2.75, 3.05) is 17.2 Å².